The van der Waals surface area contributed by atoms with Crippen LogP contribution in [0.15, 0.2) is 10.9 Å². The van der Waals surface area contributed by atoms with E-state index in [1.54, 1.807) is 6.33 Å². The molecule has 20 heavy (non-hydrogen) atoms. The number of nitrogens with zero attached hydrogens (tertiary/aromatic N) is 3. The summed E-state index contributed by atoms with van der Waals surface area (Å²) in [6, 6.07) is 0. The first-order valence-electron chi connectivity index (χ1n) is 6.84. The largest absolute Gasteiger partial charge is 0.370 e. The molecule has 0 saturated carbocycles. The van der Waals surface area contributed by atoms with Crippen molar-refractivity contribution in [1.82, 2.24) is 15.1 Å². The predicted octanol–water partition coefficient (Wildman–Crippen LogP) is 2.82. The summed E-state index contributed by atoms with van der Waals surface area (Å²) in [6.07, 6.45) is 2.63. The second kappa shape index (κ2) is 6.36. The molecule has 2 aromatic rings. The summed E-state index contributed by atoms with van der Waals surface area (Å²) in [7, 11) is 0. The van der Waals surface area contributed by atoms with E-state index in [9.17, 15) is 0 Å². The third kappa shape index (κ3) is 3.07. The van der Waals surface area contributed by atoms with Crippen molar-refractivity contribution in [3.63, 3.8) is 0 Å². The molecule has 2 rings (SSSR count). The van der Waals surface area contributed by atoms with E-state index in [2.05, 4.69) is 32.7 Å². The van der Waals surface area contributed by atoms with Gasteiger partial charge in [-0.3, -0.25) is 0 Å². The first kappa shape index (κ1) is 14.3. The van der Waals surface area contributed by atoms with Gasteiger partial charge in [-0.25, -0.2) is 9.97 Å². The Hall–Kier alpha value is -2.11. The van der Waals surface area contributed by atoms with Crippen molar-refractivity contribution >= 4 is 11.6 Å². The second-order valence-electron chi connectivity index (χ2n) is 4.78. The molecular formula is C14H21N5O. The van der Waals surface area contributed by atoms with Crippen molar-refractivity contribution < 1.29 is 4.52 Å². The Morgan fingerprint density at radius 3 is 2.40 bits per heavy atom. The van der Waals surface area contributed by atoms with Crippen molar-refractivity contribution in [1.29, 1.82) is 0 Å². The zero-order chi connectivity index (χ0) is 14.5. The maximum absolute atomic E-state index is 5.16. The van der Waals surface area contributed by atoms with Gasteiger partial charge in [0.05, 0.1) is 5.69 Å². The topological polar surface area (TPSA) is 75.9 Å². The molecule has 0 radical (unpaired) electrons. The number of hydrogen-bond donors (Lipinski definition) is 2. The fourth-order valence-electron chi connectivity index (χ4n) is 1.98. The van der Waals surface area contributed by atoms with Gasteiger partial charge in [-0.15, -0.1) is 0 Å². The van der Waals surface area contributed by atoms with Crippen LogP contribution in [-0.4, -0.2) is 21.7 Å². The summed E-state index contributed by atoms with van der Waals surface area (Å²) < 4.78 is 5.16. The highest BCUT2D eigenvalue weighted by Crippen LogP contribution is 2.20. The summed E-state index contributed by atoms with van der Waals surface area (Å²) in [5.74, 6) is 2.55. The molecular weight excluding hydrogens is 254 g/mol. The Bertz CT molecular complexity index is 559. The summed E-state index contributed by atoms with van der Waals surface area (Å²) >= 11 is 0. The molecule has 6 heteroatoms. The first-order chi connectivity index (χ1) is 9.63. The van der Waals surface area contributed by atoms with Crippen LogP contribution in [0.3, 0.4) is 0 Å². The molecule has 2 aromatic heterocycles. The maximum Gasteiger partial charge on any atom is 0.138 e. The van der Waals surface area contributed by atoms with Gasteiger partial charge < -0.3 is 15.2 Å². The molecule has 6 nitrogen and oxygen atoms in total. The predicted molar refractivity (Wildman–Crippen MR) is 78.9 cm³/mol. The van der Waals surface area contributed by atoms with E-state index in [0.29, 0.717) is 6.54 Å². The summed E-state index contributed by atoms with van der Waals surface area (Å²) in [4.78, 5) is 8.56. The van der Waals surface area contributed by atoms with E-state index in [0.717, 1.165) is 47.2 Å². The zero-order valence-corrected chi connectivity index (χ0v) is 12.4. The molecule has 0 bridgehead atoms. The summed E-state index contributed by atoms with van der Waals surface area (Å²) in [5.41, 5.74) is 3.00. The molecule has 2 heterocycles. The van der Waals surface area contributed by atoms with Gasteiger partial charge in [0.1, 0.15) is 23.7 Å². The third-order valence-electron chi connectivity index (χ3n) is 3.24. The van der Waals surface area contributed by atoms with Gasteiger partial charge in [-0.05, 0) is 27.2 Å². The van der Waals surface area contributed by atoms with E-state index in [1.807, 2.05) is 20.8 Å². The van der Waals surface area contributed by atoms with Crippen molar-refractivity contribution in [2.45, 2.75) is 40.7 Å². The molecule has 0 aliphatic rings. The maximum atomic E-state index is 5.16. The number of hydrogen-bond acceptors (Lipinski definition) is 6. The van der Waals surface area contributed by atoms with Gasteiger partial charge >= 0.3 is 0 Å². The fraction of sp³-hybridized carbons (Fsp3) is 0.500. The Balaban J connectivity index is 2.10. The Morgan fingerprint density at radius 1 is 1.10 bits per heavy atom. The van der Waals surface area contributed by atoms with Crippen molar-refractivity contribution in [3.05, 3.63) is 28.9 Å². The summed E-state index contributed by atoms with van der Waals surface area (Å²) in [5, 5.41) is 10.6. The van der Waals surface area contributed by atoms with Crippen molar-refractivity contribution in [2.24, 2.45) is 0 Å². The van der Waals surface area contributed by atoms with Gasteiger partial charge in [-0.1, -0.05) is 12.1 Å². The monoisotopic (exact) mass is 275 g/mol. The van der Waals surface area contributed by atoms with E-state index in [-0.39, 0.29) is 0 Å². The van der Waals surface area contributed by atoms with Crippen LogP contribution in [0, 0.1) is 20.8 Å². The third-order valence-corrected chi connectivity index (χ3v) is 3.24. The van der Waals surface area contributed by atoms with Gasteiger partial charge in [0, 0.05) is 24.2 Å². The smallest absolute Gasteiger partial charge is 0.138 e. The lowest BCUT2D eigenvalue weighted by atomic mass is 10.2. The quantitative estimate of drug-likeness (QED) is 0.844. The summed E-state index contributed by atoms with van der Waals surface area (Å²) in [6.45, 7) is 9.54. The molecule has 2 N–H and O–H groups in total. The van der Waals surface area contributed by atoms with E-state index >= 15 is 0 Å². The average molecular weight is 275 g/mol. The lowest BCUT2D eigenvalue weighted by Crippen LogP contribution is -2.09. The van der Waals surface area contributed by atoms with Crippen molar-refractivity contribution in [2.75, 3.05) is 17.2 Å². The lowest BCUT2D eigenvalue weighted by molar-refractivity contribution is 0.392. The van der Waals surface area contributed by atoms with Crippen LogP contribution in [0.25, 0.3) is 0 Å². The highest BCUT2D eigenvalue weighted by Gasteiger charge is 2.11. The van der Waals surface area contributed by atoms with Crippen LogP contribution >= 0.6 is 0 Å². The Kier molecular flexibility index (Phi) is 4.55. The number of aromatic nitrogens is 3. The van der Waals surface area contributed by atoms with Crippen LogP contribution in [0.5, 0.6) is 0 Å². The minimum Gasteiger partial charge on any atom is -0.370 e. The molecule has 0 aliphatic carbocycles. The minimum absolute atomic E-state index is 0.645. The average Bonchev–Trinajstić information content (AvgIpc) is 2.76. The van der Waals surface area contributed by atoms with Gasteiger partial charge in [0.2, 0.25) is 0 Å². The van der Waals surface area contributed by atoms with Crippen LogP contribution in [0.2, 0.25) is 0 Å². The lowest BCUT2D eigenvalue weighted by Gasteiger charge is -2.12. The molecule has 0 aromatic carbocycles. The van der Waals surface area contributed by atoms with E-state index in [1.165, 1.54) is 0 Å². The van der Waals surface area contributed by atoms with E-state index < -0.39 is 0 Å². The van der Waals surface area contributed by atoms with Crippen LogP contribution in [0.4, 0.5) is 11.6 Å². The molecule has 0 fully saturated rings. The standard InChI is InChI=1S/C14H21N5O/c1-5-6-15-13-9(2)14(18-8-17-13)16-7-12-10(3)19-20-11(12)4/h8H,5-7H2,1-4H3,(H2,15,16,17,18). The second-order valence-corrected chi connectivity index (χ2v) is 4.78. The highest BCUT2D eigenvalue weighted by atomic mass is 16.5. The molecule has 0 amide bonds. The Labute approximate surface area is 119 Å². The minimum atomic E-state index is 0.645. The SMILES string of the molecule is CCCNc1ncnc(NCc2c(C)noc2C)c1C. The first-order valence-corrected chi connectivity index (χ1v) is 6.84. The zero-order valence-electron chi connectivity index (χ0n) is 12.4. The van der Waals surface area contributed by atoms with Gasteiger partial charge in [0.15, 0.2) is 0 Å². The fourth-order valence-corrected chi connectivity index (χ4v) is 1.98. The normalized spacial score (nSPS) is 10.6. The number of nitrogens with one attached hydrogen (secondary N) is 2. The van der Waals surface area contributed by atoms with E-state index in [4.69, 9.17) is 4.52 Å². The van der Waals surface area contributed by atoms with Crippen LogP contribution in [0.1, 0.15) is 35.9 Å². The molecule has 0 aliphatic heterocycles. The van der Waals surface area contributed by atoms with Crippen LogP contribution < -0.4 is 10.6 Å². The number of rotatable bonds is 6. The number of anilines is 2. The number of aryl methyl sites for hydroxylation is 2. The van der Waals surface area contributed by atoms with Gasteiger partial charge in [-0.2, -0.15) is 0 Å². The van der Waals surface area contributed by atoms with Crippen molar-refractivity contribution in [3.8, 4) is 0 Å². The molecule has 0 atom stereocenters. The Morgan fingerprint density at radius 2 is 1.80 bits per heavy atom. The molecule has 0 unspecified atom stereocenters. The molecule has 0 saturated heterocycles. The molecule has 0 spiro atoms. The highest BCUT2D eigenvalue weighted by molar-refractivity contribution is 5.56. The molecule has 108 valence electrons. The van der Waals surface area contributed by atoms with Gasteiger partial charge in [0.25, 0.3) is 0 Å². The van der Waals surface area contributed by atoms with Crippen LogP contribution in [-0.2, 0) is 6.54 Å².